The van der Waals surface area contributed by atoms with Gasteiger partial charge in [-0.2, -0.15) is 0 Å². The molecule has 1 aromatic rings. The van der Waals surface area contributed by atoms with Gasteiger partial charge in [0, 0.05) is 24.3 Å². The summed E-state index contributed by atoms with van der Waals surface area (Å²) in [5.74, 6) is 0.958. The average molecular weight is 192 g/mol. The lowest BCUT2D eigenvalue weighted by Crippen LogP contribution is -2.28. The molecule has 14 heavy (non-hydrogen) atoms. The summed E-state index contributed by atoms with van der Waals surface area (Å²) in [6.07, 6.45) is 4.24. The molecule has 0 aromatic carbocycles. The van der Waals surface area contributed by atoms with E-state index in [-0.39, 0.29) is 6.61 Å². The first-order chi connectivity index (χ1) is 6.83. The van der Waals surface area contributed by atoms with Crippen LogP contribution < -0.4 is 4.90 Å². The molecule has 1 N–H and O–H groups in total. The first kappa shape index (κ1) is 9.46. The summed E-state index contributed by atoms with van der Waals surface area (Å²) in [4.78, 5) is 6.63. The summed E-state index contributed by atoms with van der Waals surface area (Å²) in [7, 11) is 0. The van der Waals surface area contributed by atoms with E-state index in [4.69, 9.17) is 0 Å². The smallest absolute Gasteiger partial charge is 0.134 e. The van der Waals surface area contributed by atoms with Gasteiger partial charge in [0.2, 0.25) is 0 Å². The van der Waals surface area contributed by atoms with E-state index in [1.807, 2.05) is 12.1 Å². The van der Waals surface area contributed by atoms with Crippen LogP contribution >= 0.6 is 0 Å². The topological polar surface area (TPSA) is 36.4 Å². The van der Waals surface area contributed by atoms with E-state index >= 15 is 0 Å². The van der Waals surface area contributed by atoms with Gasteiger partial charge in [0.25, 0.3) is 0 Å². The Hall–Kier alpha value is -1.09. The third-order valence-electron chi connectivity index (χ3n) is 2.86. The van der Waals surface area contributed by atoms with Crippen molar-refractivity contribution in [2.45, 2.75) is 32.4 Å². The number of nitrogens with zero attached hydrogens (tertiary/aromatic N) is 2. The molecule has 1 fully saturated rings. The standard InChI is InChI=1S/C11H16N2O/c1-9-4-3-7-13(9)11-10(8-14)5-2-6-12-11/h2,5-6,9,14H,3-4,7-8H2,1H3. The molecule has 0 aliphatic carbocycles. The molecule has 0 spiro atoms. The van der Waals surface area contributed by atoms with Gasteiger partial charge in [-0.25, -0.2) is 4.98 Å². The van der Waals surface area contributed by atoms with Crippen molar-refractivity contribution in [3.8, 4) is 0 Å². The molecule has 1 aromatic heterocycles. The Morgan fingerprint density at radius 1 is 1.64 bits per heavy atom. The Labute approximate surface area is 84.4 Å². The summed E-state index contributed by atoms with van der Waals surface area (Å²) in [5.41, 5.74) is 0.932. The Morgan fingerprint density at radius 3 is 3.14 bits per heavy atom. The summed E-state index contributed by atoms with van der Waals surface area (Å²) in [5, 5.41) is 9.20. The first-order valence-corrected chi connectivity index (χ1v) is 5.14. The molecule has 1 unspecified atom stereocenters. The lowest BCUT2D eigenvalue weighted by Gasteiger charge is -2.24. The predicted molar refractivity (Wildman–Crippen MR) is 56.2 cm³/mol. The van der Waals surface area contributed by atoms with Gasteiger partial charge in [-0.05, 0) is 25.8 Å². The second kappa shape index (κ2) is 3.96. The number of aromatic nitrogens is 1. The van der Waals surface area contributed by atoms with Crippen LogP contribution in [-0.4, -0.2) is 22.7 Å². The van der Waals surface area contributed by atoms with E-state index in [0.29, 0.717) is 6.04 Å². The van der Waals surface area contributed by atoms with Crippen molar-refractivity contribution in [3.63, 3.8) is 0 Å². The van der Waals surface area contributed by atoms with E-state index in [9.17, 15) is 5.11 Å². The van der Waals surface area contributed by atoms with Crippen molar-refractivity contribution >= 4 is 5.82 Å². The van der Waals surface area contributed by atoms with Crippen LogP contribution in [0.5, 0.6) is 0 Å². The Bertz CT molecular complexity index is 314. The number of aliphatic hydroxyl groups excluding tert-OH is 1. The van der Waals surface area contributed by atoms with Crippen molar-refractivity contribution in [1.82, 2.24) is 4.98 Å². The van der Waals surface area contributed by atoms with E-state index in [1.165, 1.54) is 12.8 Å². The number of aliphatic hydroxyl groups is 1. The maximum absolute atomic E-state index is 9.20. The highest BCUT2D eigenvalue weighted by molar-refractivity contribution is 5.48. The van der Waals surface area contributed by atoms with Gasteiger partial charge in [-0.15, -0.1) is 0 Å². The Kier molecular flexibility index (Phi) is 2.68. The van der Waals surface area contributed by atoms with E-state index in [2.05, 4.69) is 16.8 Å². The molecular weight excluding hydrogens is 176 g/mol. The molecule has 0 saturated carbocycles. The minimum Gasteiger partial charge on any atom is -0.392 e. The van der Waals surface area contributed by atoms with Crippen LogP contribution in [0.4, 0.5) is 5.82 Å². The molecule has 3 heteroatoms. The molecule has 3 nitrogen and oxygen atoms in total. The van der Waals surface area contributed by atoms with Gasteiger partial charge in [0.05, 0.1) is 6.61 Å². The van der Waals surface area contributed by atoms with Gasteiger partial charge < -0.3 is 10.0 Å². The minimum absolute atomic E-state index is 0.0758. The molecule has 1 atom stereocenters. The zero-order valence-electron chi connectivity index (χ0n) is 8.48. The van der Waals surface area contributed by atoms with E-state index in [0.717, 1.165) is 17.9 Å². The van der Waals surface area contributed by atoms with Crippen LogP contribution in [0.25, 0.3) is 0 Å². The number of hydrogen-bond donors (Lipinski definition) is 1. The summed E-state index contributed by atoms with van der Waals surface area (Å²) >= 11 is 0. The fraction of sp³-hybridized carbons (Fsp3) is 0.545. The lowest BCUT2D eigenvalue weighted by atomic mass is 10.2. The van der Waals surface area contributed by atoms with Crippen LogP contribution in [0.1, 0.15) is 25.3 Å². The molecule has 0 radical (unpaired) electrons. The zero-order valence-corrected chi connectivity index (χ0v) is 8.48. The fourth-order valence-electron chi connectivity index (χ4n) is 2.06. The predicted octanol–water partition coefficient (Wildman–Crippen LogP) is 1.56. The SMILES string of the molecule is CC1CCCN1c1ncccc1CO. The highest BCUT2D eigenvalue weighted by Crippen LogP contribution is 2.26. The summed E-state index contributed by atoms with van der Waals surface area (Å²) < 4.78 is 0. The van der Waals surface area contributed by atoms with Gasteiger partial charge in [0.15, 0.2) is 0 Å². The molecule has 0 amide bonds. The van der Waals surface area contributed by atoms with Crippen LogP contribution in [0.2, 0.25) is 0 Å². The largest absolute Gasteiger partial charge is 0.392 e. The zero-order chi connectivity index (χ0) is 9.97. The van der Waals surface area contributed by atoms with E-state index < -0.39 is 0 Å². The van der Waals surface area contributed by atoms with Crippen LogP contribution in [0.15, 0.2) is 18.3 Å². The highest BCUT2D eigenvalue weighted by Gasteiger charge is 2.22. The van der Waals surface area contributed by atoms with Crippen molar-refractivity contribution in [2.24, 2.45) is 0 Å². The molecule has 0 bridgehead atoms. The van der Waals surface area contributed by atoms with Crippen LogP contribution in [-0.2, 0) is 6.61 Å². The average Bonchev–Trinajstić information content (AvgIpc) is 2.64. The quantitative estimate of drug-likeness (QED) is 0.772. The molecule has 1 aliphatic rings. The third kappa shape index (κ3) is 1.60. The molecule has 2 heterocycles. The Balaban J connectivity index is 2.30. The monoisotopic (exact) mass is 192 g/mol. The number of pyridine rings is 1. The second-order valence-corrected chi connectivity index (χ2v) is 3.83. The fourth-order valence-corrected chi connectivity index (χ4v) is 2.06. The van der Waals surface area contributed by atoms with Gasteiger partial charge >= 0.3 is 0 Å². The second-order valence-electron chi connectivity index (χ2n) is 3.83. The number of rotatable bonds is 2. The lowest BCUT2D eigenvalue weighted by molar-refractivity contribution is 0.281. The highest BCUT2D eigenvalue weighted by atomic mass is 16.3. The van der Waals surface area contributed by atoms with Crippen molar-refractivity contribution in [3.05, 3.63) is 23.9 Å². The van der Waals surface area contributed by atoms with Crippen LogP contribution in [0.3, 0.4) is 0 Å². The number of hydrogen-bond acceptors (Lipinski definition) is 3. The van der Waals surface area contributed by atoms with Crippen LogP contribution in [0, 0.1) is 0 Å². The summed E-state index contributed by atoms with van der Waals surface area (Å²) in [6, 6.07) is 4.36. The molecule has 76 valence electrons. The minimum atomic E-state index is 0.0758. The van der Waals surface area contributed by atoms with E-state index in [1.54, 1.807) is 6.20 Å². The van der Waals surface area contributed by atoms with Crippen molar-refractivity contribution in [1.29, 1.82) is 0 Å². The molecule has 2 rings (SSSR count). The number of anilines is 1. The van der Waals surface area contributed by atoms with Crippen molar-refractivity contribution < 1.29 is 5.11 Å². The molecule has 1 saturated heterocycles. The van der Waals surface area contributed by atoms with Gasteiger partial charge in [-0.3, -0.25) is 0 Å². The first-order valence-electron chi connectivity index (χ1n) is 5.14. The Morgan fingerprint density at radius 2 is 2.50 bits per heavy atom. The third-order valence-corrected chi connectivity index (χ3v) is 2.86. The van der Waals surface area contributed by atoms with Gasteiger partial charge in [0.1, 0.15) is 5.82 Å². The maximum atomic E-state index is 9.20. The molecule has 1 aliphatic heterocycles. The molecular formula is C11H16N2O. The maximum Gasteiger partial charge on any atom is 0.134 e. The van der Waals surface area contributed by atoms with Gasteiger partial charge in [-0.1, -0.05) is 6.07 Å². The van der Waals surface area contributed by atoms with Crippen molar-refractivity contribution in [2.75, 3.05) is 11.4 Å². The normalized spacial score (nSPS) is 21.6. The summed E-state index contributed by atoms with van der Waals surface area (Å²) in [6.45, 7) is 3.35.